The summed E-state index contributed by atoms with van der Waals surface area (Å²) in [5, 5.41) is 8.18. The summed E-state index contributed by atoms with van der Waals surface area (Å²) in [5.41, 5.74) is 0. The quantitative estimate of drug-likeness (QED) is 0.530. The number of nitrogens with one attached hydrogen (secondary N) is 1. The zero-order chi connectivity index (χ0) is 16.8. The van der Waals surface area contributed by atoms with Crippen LogP contribution in [0.25, 0.3) is 0 Å². The predicted molar refractivity (Wildman–Crippen MR) is 85.2 cm³/mol. The zero-order valence-electron chi connectivity index (χ0n) is 11.1. The zero-order valence-corrected chi connectivity index (χ0v) is 15.0. The fourth-order valence-corrected chi connectivity index (χ4v) is 4.30. The van der Waals surface area contributed by atoms with Gasteiger partial charge in [0.15, 0.2) is 0 Å². The minimum atomic E-state index is -4.06. The molecule has 6 nitrogen and oxygen atoms in total. The molecule has 0 spiro atoms. The monoisotopic (exact) mass is 428 g/mol. The lowest BCUT2D eigenvalue weighted by atomic mass is 10.3. The highest BCUT2D eigenvalue weighted by Gasteiger charge is 2.23. The van der Waals surface area contributed by atoms with Crippen LogP contribution in [-0.2, 0) is 19.6 Å². The molecule has 0 fully saturated rings. The van der Waals surface area contributed by atoms with Gasteiger partial charge in [-0.25, -0.2) is 8.42 Å². The lowest BCUT2D eigenvalue weighted by molar-refractivity contribution is -0.142. The molecule has 0 saturated heterocycles. The Labute approximate surface area is 146 Å². The molecular weight excluding hydrogens is 419 g/mol. The van der Waals surface area contributed by atoms with E-state index in [4.69, 9.17) is 33.2 Å². The van der Waals surface area contributed by atoms with Gasteiger partial charge < -0.3 is 4.74 Å². The number of hydrogen-bond donors (Lipinski definition) is 1. The lowest BCUT2D eigenvalue weighted by Crippen LogP contribution is -2.31. The first-order valence-electron chi connectivity index (χ1n) is 5.94. The van der Waals surface area contributed by atoms with Gasteiger partial charge in [0.1, 0.15) is 11.4 Å². The van der Waals surface area contributed by atoms with Crippen molar-refractivity contribution in [3.05, 3.63) is 26.7 Å². The van der Waals surface area contributed by atoms with Gasteiger partial charge in [0.2, 0.25) is 10.0 Å². The topological polar surface area (TPSA) is 96.3 Å². The molecule has 0 amide bonds. The summed E-state index contributed by atoms with van der Waals surface area (Å²) in [5.74, 6) is -0.758. The third-order valence-electron chi connectivity index (χ3n) is 2.33. The molecule has 1 rings (SSSR count). The molecule has 1 aromatic rings. The maximum absolute atomic E-state index is 12.1. The van der Waals surface area contributed by atoms with Gasteiger partial charge in [-0.2, -0.15) is 9.98 Å². The molecule has 0 aliphatic rings. The number of benzene rings is 1. The third-order valence-corrected chi connectivity index (χ3v) is 5.11. The predicted octanol–water partition coefficient (Wildman–Crippen LogP) is 2.88. The van der Waals surface area contributed by atoms with Gasteiger partial charge in [0, 0.05) is 10.9 Å². The molecule has 0 aromatic heterocycles. The highest BCUT2D eigenvalue weighted by atomic mass is 79.9. The number of nitrogens with zero attached hydrogens (tertiary/aromatic N) is 1. The van der Waals surface area contributed by atoms with Crippen LogP contribution in [0.4, 0.5) is 0 Å². The van der Waals surface area contributed by atoms with Gasteiger partial charge in [0.05, 0.1) is 22.7 Å². The Balaban J connectivity index is 2.69. The number of esters is 1. The standard InChI is InChI=1S/C12H11BrCl2N2O4S/c13-8-5-9(14)12(10(15)6-8)22(19,20)17-7-11(18)21-4-2-1-3-16/h5-6,17H,1-2,4,7H2. The number of halogens is 3. The van der Waals surface area contributed by atoms with Crippen molar-refractivity contribution in [2.24, 2.45) is 0 Å². The molecule has 0 radical (unpaired) electrons. The minimum absolute atomic E-state index is 0.0495. The van der Waals surface area contributed by atoms with Crippen molar-refractivity contribution in [2.45, 2.75) is 17.7 Å². The molecule has 0 atom stereocenters. The Hall–Kier alpha value is -0.850. The van der Waals surface area contributed by atoms with Crippen LogP contribution in [0, 0.1) is 11.3 Å². The first-order chi connectivity index (χ1) is 10.3. The van der Waals surface area contributed by atoms with Crippen LogP contribution in [0.1, 0.15) is 12.8 Å². The van der Waals surface area contributed by atoms with Crippen LogP contribution in [-0.4, -0.2) is 27.5 Å². The van der Waals surface area contributed by atoms with E-state index in [1.807, 2.05) is 6.07 Å². The highest BCUT2D eigenvalue weighted by Crippen LogP contribution is 2.32. The molecule has 0 aliphatic carbocycles. The number of rotatable bonds is 7. The molecule has 0 saturated carbocycles. The van der Waals surface area contributed by atoms with Gasteiger partial charge >= 0.3 is 5.97 Å². The van der Waals surface area contributed by atoms with Crippen LogP contribution in [0.2, 0.25) is 10.0 Å². The van der Waals surface area contributed by atoms with Crippen molar-refractivity contribution in [2.75, 3.05) is 13.2 Å². The van der Waals surface area contributed by atoms with Crippen molar-refractivity contribution in [1.29, 1.82) is 5.26 Å². The van der Waals surface area contributed by atoms with E-state index in [1.165, 1.54) is 12.1 Å². The van der Waals surface area contributed by atoms with Crippen molar-refractivity contribution >= 4 is 55.1 Å². The van der Waals surface area contributed by atoms with E-state index in [9.17, 15) is 13.2 Å². The number of unbranched alkanes of at least 4 members (excludes halogenated alkanes) is 1. The first kappa shape index (κ1) is 19.2. The van der Waals surface area contributed by atoms with E-state index in [1.54, 1.807) is 0 Å². The van der Waals surface area contributed by atoms with Crippen molar-refractivity contribution in [1.82, 2.24) is 4.72 Å². The van der Waals surface area contributed by atoms with Crippen molar-refractivity contribution in [3.8, 4) is 6.07 Å². The molecule has 0 unspecified atom stereocenters. The van der Waals surface area contributed by atoms with Gasteiger partial charge in [-0.05, 0) is 18.6 Å². The van der Waals surface area contributed by atoms with Gasteiger partial charge in [-0.3, -0.25) is 4.79 Å². The molecule has 1 aromatic carbocycles. The Kier molecular flexibility index (Phi) is 7.59. The highest BCUT2D eigenvalue weighted by molar-refractivity contribution is 9.10. The van der Waals surface area contributed by atoms with E-state index in [0.29, 0.717) is 10.9 Å². The maximum Gasteiger partial charge on any atom is 0.321 e. The summed E-state index contributed by atoms with van der Waals surface area (Å²) in [4.78, 5) is 11.1. The first-order valence-corrected chi connectivity index (χ1v) is 8.98. The van der Waals surface area contributed by atoms with Crippen LogP contribution in [0.3, 0.4) is 0 Å². The average molecular weight is 430 g/mol. The normalized spacial score (nSPS) is 11.0. The van der Waals surface area contributed by atoms with Crippen LogP contribution >= 0.6 is 39.1 Å². The van der Waals surface area contributed by atoms with Gasteiger partial charge in [0.25, 0.3) is 0 Å². The number of hydrogen-bond acceptors (Lipinski definition) is 5. The summed E-state index contributed by atoms with van der Waals surface area (Å²) in [6.45, 7) is -0.508. The van der Waals surface area contributed by atoms with Crippen molar-refractivity contribution < 1.29 is 17.9 Å². The molecule has 120 valence electrons. The molecule has 10 heteroatoms. The number of ether oxygens (including phenoxy) is 1. The number of nitriles is 1. The van der Waals surface area contributed by atoms with Gasteiger partial charge in [-0.1, -0.05) is 39.1 Å². The van der Waals surface area contributed by atoms with Crippen LogP contribution in [0.5, 0.6) is 0 Å². The summed E-state index contributed by atoms with van der Waals surface area (Å²) < 4.78 is 31.6. The summed E-state index contributed by atoms with van der Waals surface area (Å²) in [6.07, 6.45) is 0.641. The Morgan fingerprint density at radius 1 is 1.36 bits per heavy atom. The fraction of sp³-hybridized carbons (Fsp3) is 0.333. The largest absolute Gasteiger partial charge is 0.465 e. The molecule has 0 bridgehead atoms. The second-order valence-electron chi connectivity index (χ2n) is 4.01. The number of carbonyl (C=O) groups is 1. The van der Waals surface area contributed by atoms with E-state index >= 15 is 0 Å². The third kappa shape index (κ3) is 5.74. The number of sulfonamides is 1. The molecular formula is C12H11BrCl2N2O4S. The summed E-state index contributed by atoms with van der Waals surface area (Å²) >= 11 is 14.9. The van der Waals surface area contributed by atoms with E-state index in [0.717, 1.165) is 0 Å². The Morgan fingerprint density at radius 3 is 2.50 bits per heavy atom. The van der Waals surface area contributed by atoms with Crippen LogP contribution < -0.4 is 4.72 Å². The second-order valence-corrected chi connectivity index (χ2v) is 7.44. The number of carbonyl (C=O) groups excluding carboxylic acids is 1. The summed E-state index contributed by atoms with van der Waals surface area (Å²) in [7, 11) is -4.06. The summed E-state index contributed by atoms with van der Waals surface area (Å²) in [6, 6.07) is 4.65. The molecule has 1 N–H and O–H groups in total. The molecule has 0 aliphatic heterocycles. The van der Waals surface area contributed by atoms with E-state index in [2.05, 4.69) is 20.7 Å². The van der Waals surface area contributed by atoms with E-state index in [-0.39, 0.29) is 28.0 Å². The Bertz CT molecular complexity index is 681. The molecule has 22 heavy (non-hydrogen) atoms. The smallest absolute Gasteiger partial charge is 0.321 e. The fourth-order valence-electron chi connectivity index (χ4n) is 1.40. The van der Waals surface area contributed by atoms with Crippen LogP contribution in [0.15, 0.2) is 21.5 Å². The average Bonchev–Trinajstić information content (AvgIpc) is 2.40. The second kappa shape index (κ2) is 8.70. The SMILES string of the molecule is N#CCCCOC(=O)CNS(=O)(=O)c1c(Cl)cc(Br)cc1Cl. The lowest BCUT2D eigenvalue weighted by Gasteiger charge is -2.10. The Morgan fingerprint density at radius 2 is 1.95 bits per heavy atom. The molecule has 0 heterocycles. The van der Waals surface area contributed by atoms with E-state index < -0.39 is 22.5 Å². The van der Waals surface area contributed by atoms with Gasteiger partial charge in [-0.15, -0.1) is 0 Å². The van der Waals surface area contributed by atoms with Crippen molar-refractivity contribution in [3.63, 3.8) is 0 Å². The maximum atomic E-state index is 12.1. The minimum Gasteiger partial charge on any atom is -0.465 e.